The molecule has 0 amide bonds. The van der Waals surface area contributed by atoms with Gasteiger partial charge in [0.1, 0.15) is 5.75 Å². The van der Waals surface area contributed by atoms with E-state index in [4.69, 9.17) is 4.74 Å². The Morgan fingerprint density at radius 3 is 2.46 bits per heavy atom. The average molecular weight is 373 g/mol. The van der Waals surface area contributed by atoms with Gasteiger partial charge in [0.25, 0.3) is 0 Å². The molecule has 0 aliphatic heterocycles. The Labute approximate surface area is 167 Å². The number of aryl methyl sites for hydroxylation is 1. The summed E-state index contributed by atoms with van der Waals surface area (Å²) in [5.74, 6) is 1.06. The molecule has 0 spiro atoms. The first-order valence-corrected chi connectivity index (χ1v) is 9.93. The molecule has 0 atom stereocenters. The van der Waals surface area contributed by atoms with Gasteiger partial charge in [-0.25, -0.2) is 0 Å². The van der Waals surface area contributed by atoms with Crippen LogP contribution in [0, 0.1) is 6.92 Å². The summed E-state index contributed by atoms with van der Waals surface area (Å²) in [4.78, 5) is 11.9. The number of ether oxygens (including phenoxy) is 1. The SMILES string of the molecule is CCCCc1c(C)cc(/C=C/c2ccc(C(C)=O)c3ccccc23)cc1OC. The standard InChI is InChI=1S/C26H28O2/c1-5-6-9-22-18(2)16-20(17-26(22)28-4)12-13-21-14-15-23(19(3)27)25-11-8-7-10-24(21)25/h7-8,10-17H,5-6,9H2,1-4H3/b13-12+. The average Bonchev–Trinajstić information content (AvgIpc) is 2.70. The number of fused-ring (bicyclic) bond motifs is 1. The molecule has 3 aromatic carbocycles. The molecule has 3 rings (SSSR count). The molecular weight excluding hydrogens is 344 g/mol. The molecule has 0 unspecified atom stereocenters. The second-order valence-corrected chi connectivity index (χ2v) is 7.26. The van der Waals surface area contributed by atoms with Gasteiger partial charge >= 0.3 is 0 Å². The Kier molecular flexibility index (Phi) is 6.30. The zero-order chi connectivity index (χ0) is 20.1. The number of carbonyl (C=O) groups is 1. The zero-order valence-electron chi connectivity index (χ0n) is 17.2. The summed E-state index contributed by atoms with van der Waals surface area (Å²) in [6.45, 7) is 5.98. The summed E-state index contributed by atoms with van der Waals surface area (Å²) in [7, 11) is 1.74. The number of ketones is 1. The number of hydrogen-bond acceptors (Lipinski definition) is 2. The molecule has 0 radical (unpaired) electrons. The smallest absolute Gasteiger partial charge is 0.160 e. The number of Topliss-reactive ketones (excluding diaryl/α,β-unsaturated/α-hetero) is 1. The van der Waals surface area contributed by atoms with E-state index in [1.807, 2.05) is 30.3 Å². The van der Waals surface area contributed by atoms with E-state index in [9.17, 15) is 4.79 Å². The lowest BCUT2D eigenvalue weighted by Gasteiger charge is -2.13. The van der Waals surface area contributed by atoms with Crippen molar-refractivity contribution >= 4 is 28.7 Å². The van der Waals surface area contributed by atoms with E-state index in [-0.39, 0.29) is 5.78 Å². The maximum Gasteiger partial charge on any atom is 0.160 e. The first-order chi connectivity index (χ1) is 13.5. The Balaban J connectivity index is 1.99. The molecule has 0 heterocycles. The summed E-state index contributed by atoms with van der Waals surface area (Å²) in [6, 6.07) is 16.3. The second kappa shape index (κ2) is 8.88. The monoisotopic (exact) mass is 372 g/mol. The van der Waals surface area contributed by atoms with Crippen LogP contribution < -0.4 is 4.74 Å². The molecule has 0 aromatic heterocycles. The van der Waals surface area contributed by atoms with Crippen molar-refractivity contribution in [1.82, 2.24) is 0 Å². The Hall–Kier alpha value is -2.87. The third-order valence-corrected chi connectivity index (χ3v) is 5.25. The molecule has 28 heavy (non-hydrogen) atoms. The lowest BCUT2D eigenvalue weighted by molar-refractivity contribution is 0.101. The van der Waals surface area contributed by atoms with E-state index in [0.717, 1.165) is 39.6 Å². The summed E-state index contributed by atoms with van der Waals surface area (Å²) < 4.78 is 5.66. The van der Waals surface area contributed by atoms with E-state index >= 15 is 0 Å². The fourth-order valence-electron chi connectivity index (χ4n) is 3.72. The fraction of sp³-hybridized carbons (Fsp3) is 0.269. The highest BCUT2D eigenvalue weighted by atomic mass is 16.5. The van der Waals surface area contributed by atoms with Crippen LogP contribution in [0.25, 0.3) is 22.9 Å². The molecule has 0 fully saturated rings. The largest absolute Gasteiger partial charge is 0.496 e. The van der Waals surface area contributed by atoms with Gasteiger partial charge in [0.2, 0.25) is 0 Å². The zero-order valence-corrected chi connectivity index (χ0v) is 17.2. The number of carbonyl (C=O) groups excluding carboxylic acids is 1. The lowest BCUT2D eigenvalue weighted by atomic mass is 9.96. The second-order valence-electron chi connectivity index (χ2n) is 7.26. The van der Waals surface area contributed by atoms with Crippen LogP contribution >= 0.6 is 0 Å². The van der Waals surface area contributed by atoms with Gasteiger partial charge < -0.3 is 4.74 Å². The number of hydrogen-bond donors (Lipinski definition) is 0. The van der Waals surface area contributed by atoms with Crippen molar-refractivity contribution in [3.63, 3.8) is 0 Å². The molecule has 0 N–H and O–H groups in total. The highest BCUT2D eigenvalue weighted by Crippen LogP contribution is 2.29. The predicted molar refractivity (Wildman–Crippen MR) is 119 cm³/mol. The third-order valence-electron chi connectivity index (χ3n) is 5.25. The molecular formula is C26H28O2. The van der Waals surface area contributed by atoms with Crippen molar-refractivity contribution < 1.29 is 9.53 Å². The fourth-order valence-corrected chi connectivity index (χ4v) is 3.72. The minimum atomic E-state index is 0.0924. The Morgan fingerprint density at radius 2 is 1.79 bits per heavy atom. The van der Waals surface area contributed by atoms with Crippen molar-refractivity contribution in [3.8, 4) is 5.75 Å². The van der Waals surface area contributed by atoms with E-state index in [1.165, 1.54) is 24.0 Å². The van der Waals surface area contributed by atoms with Gasteiger partial charge in [-0.1, -0.05) is 68.0 Å². The van der Waals surface area contributed by atoms with Gasteiger partial charge in [0.05, 0.1) is 7.11 Å². The summed E-state index contributed by atoms with van der Waals surface area (Å²) in [5.41, 5.74) is 5.56. The third kappa shape index (κ3) is 4.17. The van der Waals surface area contributed by atoms with Crippen molar-refractivity contribution in [1.29, 1.82) is 0 Å². The van der Waals surface area contributed by atoms with E-state index < -0.39 is 0 Å². The molecule has 0 aliphatic rings. The van der Waals surface area contributed by atoms with Gasteiger partial charge in [-0.2, -0.15) is 0 Å². The maximum absolute atomic E-state index is 11.9. The van der Waals surface area contributed by atoms with Crippen LogP contribution in [-0.4, -0.2) is 12.9 Å². The molecule has 144 valence electrons. The van der Waals surface area contributed by atoms with Crippen LogP contribution in [0.3, 0.4) is 0 Å². The first-order valence-electron chi connectivity index (χ1n) is 9.93. The van der Waals surface area contributed by atoms with Gasteiger partial charge in [-0.3, -0.25) is 4.79 Å². The highest BCUT2D eigenvalue weighted by molar-refractivity contribution is 6.09. The van der Waals surface area contributed by atoms with E-state index in [2.05, 4.69) is 44.2 Å². The molecule has 3 aromatic rings. The first kappa shape index (κ1) is 19.9. The van der Waals surface area contributed by atoms with Crippen molar-refractivity contribution in [3.05, 3.63) is 76.3 Å². The van der Waals surface area contributed by atoms with Gasteiger partial charge in [0, 0.05) is 5.56 Å². The van der Waals surface area contributed by atoms with Crippen LogP contribution in [0.2, 0.25) is 0 Å². The van der Waals surface area contributed by atoms with Gasteiger partial charge in [-0.05, 0) is 65.8 Å². The number of unbranched alkanes of at least 4 members (excludes halogenated alkanes) is 1. The minimum Gasteiger partial charge on any atom is -0.496 e. The van der Waals surface area contributed by atoms with Crippen molar-refractivity contribution in [2.75, 3.05) is 7.11 Å². The van der Waals surface area contributed by atoms with Crippen LogP contribution in [0.15, 0.2) is 48.5 Å². The van der Waals surface area contributed by atoms with Crippen LogP contribution in [-0.2, 0) is 6.42 Å². The number of rotatable bonds is 7. The highest BCUT2D eigenvalue weighted by Gasteiger charge is 2.09. The lowest BCUT2D eigenvalue weighted by Crippen LogP contribution is -1.97. The number of methoxy groups -OCH3 is 1. The topological polar surface area (TPSA) is 26.3 Å². The van der Waals surface area contributed by atoms with Gasteiger partial charge in [-0.15, -0.1) is 0 Å². The maximum atomic E-state index is 11.9. The van der Waals surface area contributed by atoms with Crippen LogP contribution in [0.5, 0.6) is 5.75 Å². The normalized spacial score (nSPS) is 11.3. The molecule has 0 bridgehead atoms. The van der Waals surface area contributed by atoms with Crippen LogP contribution in [0.4, 0.5) is 0 Å². The summed E-state index contributed by atoms with van der Waals surface area (Å²) in [6.07, 6.45) is 7.63. The molecule has 0 aliphatic carbocycles. The van der Waals surface area contributed by atoms with E-state index in [1.54, 1.807) is 14.0 Å². The van der Waals surface area contributed by atoms with Crippen LogP contribution in [0.1, 0.15) is 59.3 Å². The van der Waals surface area contributed by atoms with Crippen molar-refractivity contribution in [2.24, 2.45) is 0 Å². The Morgan fingerprint density at radius 1 is 1.04 bits per heavy atom. The molecule has 2 nitrogen and oxygen atoms in total. The molecule has 0 saturated carbocycles. The number of benzene rings is 3. The Bertz CT molecular complexity index is 1030. The minimum absolute atomic E-state index is 0.0924. The van der Waals surface area contributed by atoms with E-state index in [0.29, 0.717) is 0 Å². The molecule has 0 saturated heterocycles. The molecule has 2 heteroatoms. The summed E-state index contributed by atoms with van der Waals surface area (Å²) >= 11 is 0. The van der Waals surface area contributed by atoms with Gasteiger partial charge in [0.15, 0.2) is 5.78 Å². The predicted octanol–water partition coefficient (Wildman–Crippen LogP) is 6.87. The van der Waals surface area contributed by atoms with Crippen molar-refractivity contribution in [2.45, 2.75) is 40.0 Å². The summed E-state index contributed by atoms with van der Waals surface area (Å²) in [5, 5.41) is 2.09. The quantitative estimate of drug-likeness (QED) is 0.334.